The highest BCUT2D eigenvalue weighted by molar-refractivity contribution is 5.89. The number of esters is 2. The van der Waals surface area contributed by atoms with Crippen LogP contribution in [0.25, 0.3) is 12.2 Å². The van der Waals surface area contributed by atoms with Crippen molar-refractivity contribution >= 4 is 30.1 Å². The largest absolute Gasteiger partial charge is 0.504 e. The smallest absolute Gasteiger partial charge is 0.336 e. The second-order valence-electron chi connectivity index (χ2n) is 11.7. The van der Waals surface area contributed by atoms with Gasteiger partial charge in [-0.1, -0.05) is 42.5 Å². The molecular weight excluding hydrogens is 628 g/mol. The van der Waals surface area contributed by atoms with E-state index in [1.165, 1.54) is 48.6 Å². The van der Waals surface area contributed by atoms with Crippen LogP contribution in [0.5, 0.6) is 23.0 Å². The predicted molar refractivity (Wildman–Crippen MR) is 168 cm³/mol. The number of phenols is 4. The number of hydrogen-bond acceptors (Lipinski definition) is 12. The summed E-state index contributed by atoms with van der Waals surface area (Å²) >= 11 is 0. The van der Waals surface area contributed by atoms with Crippen molar-refractivity contribution in [1.82, 2.24) is 0 Å². The first-order valence-electron chi connectivity index (χ1n) is 15.0. The van der Waals surface area contributed by atoms with E-state index < -0.39 is 71.3 Å². The molecule has 0 unspecified atom stereocenters. The molecule has 0 amide bonds. The molecular formula is C35H34O13. The number of carbonyl (C=O) groups excluding carboxylic acids is 2. The molecule has 5 rings (SSSR count). The van der Waals surface area contributed by atoms with Gasteiger partial charge in [-0.3, -0.25) is 0 Å². The molecule has 0 aromatic heterocycles. The molecule has 2 fully saturated rings. The summed E-state index contributed by atoms with van der Waals surface area (Å²) in [5.41, 5.74) is -3.63. The Morgan fingerprint density at radius 2 is 1.42 bits per heavy atom. The SMILES string of the molecule is O=C(/C=C/c1ccc(O)c(O)c1)O[C@@H]1[C@@H](Cc2ccccc2)[C@@](O)(C(=O)O)C[C@H]2OCC[C@@H](O)[C@@]12OC(=O)/C=C/c1ccc(O)c(O)c1. The lowest BCUT2D eigenvalue weighted by Gasteiger charge is -2.57. The lowest BCUT2D eigenvalue weighted by Crippen LogP contribution is -2.76. The summed E-state index contributed by atoms with van der Waals surface area (Å²) in [5, 5.41) is 72.5. The number of fused-ring (bicyclic) bond motifs is 1. The van der Waals surface area contributed by atoms with E-state index in [9.17, 15) is 50.1 Å². The van der Waals surface area contributed by atoms with Crippen LogP contribution in [0.15, 0.2) is 78.9 Å². The summed E-state index contributed by atoms with van der Waals surface area (Å²) in [6.45, 7) is -0.0856. The lowest BCUT2D eigenvalue weighted by atomic mass is 9.60. The number of aromatic hydroxyl groups is 4. The Balaban J connectivity index is 1.58. The Morgan fingerprint density at radius 1 is 0.833 bits per heavy atom. The van der Waals surface area contributed by atoms with E-state index in [-0.39, 0.29) is 30.9 Å². The molecule has 3 aromatic rings. The molecule has 0 bridgehead atoms. The van der Waals surface area contributed by atoms with E-state index in [0.717, 1.165) is 12.2 Å². The van der Waals surface area contributed by atoms with E-state index in [1.807, 2.05) is 0 Å². The summed E-state index contributed by atoms with van der Waals surface area (Å²) in [6.07, 6.45) is -1.24. The molecule has 6 atom stereocenters. The summed E-state index contributed by atoms with van der Waals surface area (Å²) in [5.74, 6) is -6.88. The fourth-order valence-electron chi connectivity index (χ4n) is 6.23. The number of aliphatic carboxylic acids is 1. The van der Waals surface area contributed by atoms with Crippen LogP contribution >= 0.6 is 0 Å². The summed E-state index contributed by atoms with van der Waals surface area (Å²) < 4.78 is 17.7. The van der Waals surface area contributed by atoms with Crippen LogP contribution in [0.3, 0.4) is 0 Å². The second-order valence-corrected chi connectivity index (χ2v) is 11.7. The first-order valence-corrected chi connectivity index (χ1v) is 15.0. The van der Waals surface area contributed by atoms with Gasteiger partial charge in [-0.15, -0.1) is 0 Å². The van der Waals surface area contributed by atoms with E-state index in [0.29, 0.717) is 16.7 Å². The Hall–Kier alpha value is -5.37. The van der Waals surface area contributed by atoms with Crippen LogP contribution in [0, 0.1) is 5.92 Å². The number of aliphatic hydroxyl groups is 2. The van der Waals surface area contributed by atoms with Gasteiger partial charge < -0.3 is 50.0 Å². The molecule has 0 spiro atoms. The Bertz CT molecular complexity index is 1740. The lowest BCUT2D eigenvalue weighted by molar-refractivity contribution is -0.305. The summed E-state index contributed by atoms with van der Waals surface area (Å²) in [4.78, 5) is 39.6. The highest BCUT2D eigenvalue weighted by Crippen LogP contribution is 2.50. The molecule has 1 heterocycles. The van der Waals surface area contributed by atoms with Crippen molar-refractivity contribution in [3.63, 3.8) is 0 Å². The highest BCUT2D eigenvalue weighted by Gasteiger charge is 2.70. The average Bonchev–Trinajstić information content (AvgIpc) is 3.05. The van der Waals surface area contributed by atoms with Crippen LogP contribution in [0.1, 0.15) is 29.5 Å². The molecule has 1 aliphatic heterocycles. The Morgan fingerprint density at radius 3 is 1.98 bits per heavy atom. The minimum Gasteiger partial charge on any atom is -0.504 e. The first-order chi connectivity index (χ1) is 22.8. The monoisotopic (exact) mass is 662 g/mol. The third-order valence-corrected chi connectivity index (χ3v) is 8.67. The van der Waals surface area contributed by atoms with Crippen molar-refractivity contribution < 1.29 is 64.3 Å². The minimum absolute atomic E-state index is 0.0856. The molecule has 1 aliphatic carbocycles. The van der Waals surface area contributed by atoms with Crippen molar-refractivity contribution in [3.05, 3.63) is 95.6 Å². The van der Waals surface area contributed by atoms with Gasteiger partial charge in [-0.05, 0) is 59.5 Å². The zero-order chi connectivity index (χ0) is 34.6. The van der Waals surface area contributed by atoms with Gasteiger partial charge in [0.25, 0.3) is 0 Å². The van der Waals surface area contributed by atoms with Crippen molar-refractivity contribution in [2.75, 3.05) is 6.61 Å². The standard InChI is InChI=1S/C35H34O13/c36-24-10-6-21(17-26(24)38)8-12-30(41)47-32-23(16-20-4-2-1-3-5-20)34(45,33(43)44)19-29-35(32,28(40)14-15-46-29)48-31(42)13-9-22-7-11-25(37)27(39)18-22/h1-13,17-18,23,28-29,32,36-40,45H,14-16,19H2,(H,43,44)/b12-8+,13-9+/t23-,28-,29-,32-,34-,35+/m1/s1. The number of carboxylic acid groups (broad SMARTS) is 1. The van der Waals surface area contributed by atoms with Gasteiger partial charge >= 0.3 is 17.9 Å². The van der Waals surface area contributed by atoms with Gasteiger partial charge in [0.1, 0.15) is 12.2 Å². The Kier molecular flexibility index (Phi) is 9.75. The maximum Gasteiger partial charge on any atom is 0.336 e. The normalized spacial score (nSPS) is 27.0. The van der Waals surface area contributed by atoms with Gasteiger partial charge in [-0.25, -0.2) is 14.4 Å². The molecule has 13 heteroatoms. The quantitative estimate of drug-likeness (QED) is 0.0997. The number of benzene rings is 3. The third kappa shape index (κ3) is 6.83. The van der Waals surface area contributed by atoms with Crippen molar-refractivity contribution in [3.8, 4) is 23.0 Å². The first kappa shape index (κ1) is 34.0. The molecule has 1 saturated carbocycles. The maximum absolute atomic E-state index is 13.4. The zero-order valence-corrected chi connectivity index (χ0v) is 25.4. The molecule has 2 aliphatic rings. The number of aliphatic hydroxyl groups excluding tert-OH is 1. The molecule has 7 N–H and O–H groups in total. The highest BCUT2D eigenvalue weighted by atomic mass is 16.6. The van der Waals surface area contributed by atoms with Gasteiger partial charge in [0.2, 0.25) is 5.60 Å². The molecule has 252 valence electrons. The fourth-order valence-corrected chi connectivity index (χ4v) is 6.23. The zero-order valence-electron chi connectivity index (χ0n) is 25.4. The maximum atomic E-state index is 13.4. The summed E-state index contributed by atoms with van der Waals surface area (Å²) in [6, 6.07) is 16.0. The number of hydrogen-bond donors (Lipinski definition) is 7. The number of phenolic OH excluding ortho intramolecular Hbond substituents is 4. The molecule has 1 saturated heterocycles. The molecule has 13 nitrogen and oxygen atoms in total. The minimum atomic E-state index is -2.58. The van der Waals surface area contributed by atoms with Gasteiger partial charge in [0.05, 0.1) is 0 Å². The predicted octanol–water partition coefficient (Wildman–Crippen LogP) is 2.66. The van der Waals surface area contributed by atoms with Crippen LogP contribution in [0.4, 0.5) is 0 Å². The van der Waals surface area contributed by atoms with Gasteiger partial charge in [-0.2, -0.15) is 0 Å². The number of ether oxygens (including phenoxy) is 3. The Labute approximate surface area is 274 Å². The van der Waals surface area contributed by atoms with Crippen LogP contribution < -0.4 is 0 Å². The molecule has 3 aromatic carbocycles. The van der Waals surface area contributed by atoms with Crippen molar-refractivity contribution in [1.29, 1.82) is 0 Å². The third-order valence-electron chi connectivity index (χ3n) is 8.67. The van der Waals surface area contributed by atoms with Crippen LogP contribution in [-0.2, 0) is 35.0 Å². The van der Waals surface area contributed by atoms with Crippen molar-refractivity contribution in [2.24, 2.45) is 5.92 Å². The van der Waals surface area contributed by atoms with Crippen LogP contribution in [-0.4, -0.2) is 89.8 Å². The van der Waals surface area contributed by atoms with Crippen molar-refractivity contribution in [2.45, 2.75) is 48.8 Å². The fraction of sp³-hybridized carbons (Fsp3) is 0.286. The molecule has 0 radical (unpaired) electrons. The van der Waals surface area contributed by atoms with Gasteiger partial charge in [0.15, 0.2) is 34.7 Å². The van der Waals surface area contributed by atoms with E-state index >= 15 is 0 Å². The number of carboxylic acids is 1. The average molecular weight is 663 g/mol. The molecule has 48 heavy (non-hydrogen) atoms. The van der Waals surface area contributed by atoms with Crippen LogP contribution in [0.2, 0.25) is 0 Å². The second kappa shape index (κ2) is 13.8. The summed E-state index contributed by atoms with van der Waals surface area (Å²) in [7, 11) is 0. The topological polar surface area (TPSA) is 221 Å². The van der Waals surface area contributed by atoms with Gasteiger partial charge in [0, 0.05) is 37.5 Å². The van der Waals surface area contributed by atoms with E-state index in [4.69, 9.17) is 14.2 Å². The van der Waals surface area contributed by atoms with E-state index in [1.54, 1.807) is 30.3 Å². The number of rotatable bonds is 9. The number of carbonyl (C=O) groups is 3. The van der Waals surface area contributed by atoms with E-state index in [2.05, 4.69) is 0 Å².